The lowest BCUT2D eigenvalue weighted by atomic mass is 10.0. The molecule has 0 aliphatic carbocycles. The first-order chi connectivity index (χ1) is 22.6. The molecular weight excluding hydrogens is 640 g/mol. The second kappa shape index (κ2) is 12.4. The lowest BCUT2D eigenvalue weighted by Gasteiger charge is -2.27. The molecule has 0 saturated carbocycles. The van der Waals surface area contributed by atoms with Crippen molar-refractivity contribution in [2.75, 3.05) is 13.1 Å². The highest BCUT2D eigenvalue weighted by molar-refractivity contribution is 5.87. The van der Waals surface area contributed by atoms with Crippen LogP contribution in [-0.4, -0.2) is 84.8 Å². The Hall–Kier alpha value is -4.11. The minimum absolute atomic E-state index is 0.0201. The third-order valence-corrected chi connectivity index (χ3v) is 9.44. The summed E-state index contributed by atoms with van der Waals surface area (Å²) in [5, 5.41) is 0.488. The molecule has 2 aromatic heterocycles. The minimum Gasteiger partial charge on any atom is -0.332 e. The number of nitrogens with two attached hydrogens (primary N) is 2. The lowest BCUT2D eigenvalue weighted by Crippen LogP contribution is -2.47. The molecule has 9 nitrogen and oxygen atoms in total. The topological polar surface area (TPSA) is 115 Å². The Morgan fingerprint density at radius 1 is 0.854 bits per heavy atom. The van der Waals surface area contributed by atoms with Gasteiger partial charge in [-0.1, -0.05) is 13.8 Å². The van der Waals surface area contributed by atoms with Gasteiger partial charge < -0.3 is 25.8 Å². The number of alkyl halides is 4. The van der Waals surface area contributed by atoms with Crippen LogP contribution in [0.1, 0.15) is 45.1 Å². The molecule has 4 atom stereocenters. The fourth-order valence-corrected chi connectivity index (χ4v) is 6.95. The zero-order valence-electron chi connectivity index (χ0n) is 26.5. The van der Waals surface area contributed by atoms with Crippen LogP contribution in [0.4, 0.5) is 26.3 Å². The van der Waals surface area contributed by atoms with Gasteiger partial charge in [0.25, 0.3) is 11.8 Å². The number of rotatable bonds is 9. The third-order valence-electron chi connectivity index (χ3n) is 9.44. The fraction of sp³-hybridized carbons (Fsp3) is 0.485. The number of likely N-dealkylation sites (tertiary alicyclic amines) is 2. The van der Waals surface area contributed by atoms with Crippen molar-refractivity contribution >= 4 is 33.8 Å². The number of carbonyl (C=O) groups is 2. The predicted molar refractivity (Wildman–Crippen MR) is 167 cm³/mol. The molecule has 4 aromatic rings. The molecule has 2 aromatic carbocycles. The molecule has 2 aliphatic rings. The van der Waals surface area contributed by atoms with Crippen LogP contribution in [0.15, 0.2) is 42.6 Å². The molecular formula is C33H37F6N7O2. The number of carbonyl (C=O) groups excluding carboxylic acids is 2. The second-order valence-corrected chi connectivity index (χ2v) is 12.9. The Labute approximate surface area is 272 Å². The summed E-state index contributed by atoms with van der Waals surface area (Å²) in [5.41, 5.74) is 13.2. The second-order valence-electron chi connectivity index (χ2n) is 12.9. The van der Waals surface area contributed by atoms with Gasteiger partial charge in [0.1, 0.15) is 11.6 Å². The number of hydrogen-bond acceptors (Lipinski definition) is 5. The van der Waals surface area contributed by atoms with Crippen molar-refractivity contribution in [3.8, 4) is 5.95 Å². The van der Waals surface area contributed by atoms with Gasteiger partial charge >= 0.3 is 0 Å². The molecule has 0 radical (unpaired) electrons. The van der Waals surface area contributed by atoms with Gasteiger partial charge in [-0.2, -0.15) is 0 Å². The SMILES string of the molecule is CCC(N)C(=O)N1CC(F)(F)CC1Cc1cn(-c2nc3cc(F)ccc3n2CC2CC(F)(F)CN2C(=O)C(N)CC)c2cc(F)ccc12. The molecule has 258 valence electrons. The lowest BCUT2D eigenvalue weighted by molar-refractivity contribution is -0.135. The Bertz CT molecular complexity index is 1870. The summed E-state index contributed by atoms with van der Waals surface area (Å²) in [6.07, 6.45) is 0.825. The first-order valence-corrected chi connectivity index (χ1v) is 15.9. The van der Waals surface area contributed by atoms with Crippen molar-refractivity contribution in [2.45, 2.75) is 88.5 Å². The van der Waals surface area contributed by atoms with Crippen LogP contribution in [0.2, 0.25) is 0 Å². The van der Waals surface area contributed by atoms with Gasteiger partial charge in [0.2, 0.25) is 17.8 Å². The van der Waals surface area contributed by atoms with Crippen LogP contribution in [-0.2, 0) is 22.6 Å². The zero-order chi connectivity index (χ0) is 34.7. The molecule has 15 heteroatoms. The van der Waals surface area contributed by atoms with E-state index in [-0.39, 0.29) is 42.8 Å². The Balaban J connectivity index is 1.46. The third kappa shape index (κ3) is 6.25. The largest absolute Gasteiger partial charge is 0.332 e. The highest BCUT2D eigenvalue weighted by Gasteiger charge is 2.49. The van der Waals surface area contributed by atoms with Crippen LogP contribution in [0.3, 0.4) is 0 Å². The first kappa shape index (κ1) is 33.8. The zero-order valence-corrected chi connectivity index (χ0v) is 26.5. The number of benzene rings is 2. The van der Waals surface area contributed by atoms with E-state index >= 15 is 0 Å². The maximum absolute atomic E-state index is 14.8. The average Bonchev–Trinajstić information content (AvgIpc) is 3.75. The molecule has 2 saturated heterocycles. The normalized spacial score (nSPS) is 21.8. The number of nitrogens with zero attached hydrogens (tertiary/aromatic N) is 5. The van der Waals surface area contributed by atoms with Gasteiger partial charge in [0, 0.05) is 43.1 Å². The van der Waals surface area contributed by atoms with Crippen LogP contribution < -0.4 is 11.5 Å². The van der Waals surface area contributed by atoms with E-state index in [2.05, 4.69) is 4.98 Å². The highest BCUT2D eigenvalue weighted by Crippen LogP contribution is 2.38. The summed E-state index contributed by atoms with van der Waals surface area (Å²) in [6, 6.07) is 3.89. The van der Waals surface area contributed by atoms with Crippen molar-refractivity contribution in [2.24, 2.45) is 11.5 Å². The predicted octanol–water partition coefficient (Wildman–Crippen LogP) is 4.75. The van der Waals surface area contributed by atoms with E-state index in [1.165, 1.54) is 41.0 Å². The molecule has 2 fully saturated rings. The summed E-state index contributed by atoms with van der Waals surface area (Å²) in [5.74, 6) is -8.63. The van der Waals surface area contributed by atoms with E-state index in [0.29, 0.717) is 16.5 Å². The molecule has 4 unspecified atom stereocenters. The van der Waals surface area contributed by atoms with E-state index in [0.717, 1.165) is 9.80 Å². The number of aromatic nitrogens is 3. The monoisotopic (exact) mass is 677 g/mol. The Morgan fingerprint density at radius 2 is 1.42 bits per heavy atom. The van der Waals surface area contributed by atoms with Gasteiger partial charge in [0.05, 0.1) is 47.8 Å². The summed E-state index contributed by atoms with van der Waals surface area (Å²) in [6.45, 7) is 1.60. The smallest absolute Gasteiger partial charge is 0.267 e. The van der Waals surface area contributed by atoms with Gasteiger partial charge in [-0.3, -0.25) is 14.2 Å². The van der Waals surface area contributed by atoms with Gasteiger partial charge in [-0.25, -0.2) is 31.3 Å². The van der Waals surface area contributed by atoms with Gasteiger partial charge in [-0.15, -0.1) is 0 Å². The molecule has 2 amide bonds. The summed E-state index contributed by atoms with van der Waals surface area (Å²) < 4.78 is 91.3. The fourth-order valence-electron chi connectivity index (χ4n) is 6.95. The molecule has 2 aliphatic heterocycles. The summed E-state index contributed by atoms with van der Waals surface area (Å²) >= 11 is 0. The molecule has 0 spiro atoms. The van der Waals surface area contributed by atoms with Crippen molar-refractivity contribution in [3.63, 3.8) is 0 Å². The van der Waals surface area contributed by atoms with Crippen molar-refractivity contribution in [1.29, 1.82) is 0 Å². The quantitative estimate of drug-likeness (QED) is 0.248. The maximum atomic E-state index is 14.8. The minimum atomic E-state index is -3.18. The van der Waals surface area contributed by atoms with E-state index in [1.807, 2.05) is 0 Å². The standard InChI is InChI=1S/C33H37F6N7O2/c1-3-24(40)29(47)45-16-32(36,37)12-21(45)9-18-14-43(28-11-20(35)5-7-23(18)28)31-42-26-10-19(34)6-8-27(26)44(31)15-22-13-33(38,39)17-46(22)30(48)25(41)4-2/h5-8,10-11,14,21-22,24-25H,3-4,9,12-13,15-17,40-41H2,1-2H3. The van der Waals surface area contributed by atoms with E-state index in [4.69, 9.17) is 11.5 Å². The van der Waals surface area contributed by atoms with Crippen molar-refractivity contribution in [1.82, 2.24) is 23.9 Å². The molecule has 0 bridgehead atoms. The number of halogens is 6. The van der Waals surface area contributed by atoms with Crippen molar-refractivity contribution < 1.29 is 35.9 Å². The Kier molecular flexibility index (Phi) is 8.73. The average molecular weight is 678 g/mol. The van der Waals surface area contributed by atoms with E-state index in [1.54, 1.807) is 24.6 Å². The maximum Gasteiger partial charge on any atom is 0.267 e. The number of fused-ring (bicyclic) bond motifs is 2. The van der Waals surface area contributed by atoms with Crippen LogP contribution in [0, 0.1) is 11.6 Å². The summed E-state index contributed by atoms with van der Waals surface area (Å²) in [4.78, 5) is 32.9. The van der Waals surface area contributed by atoms with E-state index < -0.39 is 85.4 Å². The number of amides is 2. The van der Waals surface area contributed by atoms with Gasteiger partial charge in [-0.05, 0) is 55.2 Å². The van der Waals surface area contributed by atoms with E-state index in [9.17, 15) is 35.9 Å². The molecule has 4 N–H and O–H groups in total. The van der Waals surface area contributed by atoms with Crippen LogP contribution >= 0.6 is 0 Å². The molecule has 6 rings (SSSR count). The van der Waals surface area contributed by atoms with Crippen LogP contribution in [0.5, 0.6) is 0 Å². The van der Waals surface area contributed by atoms with Crippen LogP contribution in [0.25, 0.3) is 27.9 Å². The summed E-state index contributed by atoms with van der Waals surface area (Å²) in [7, 11) is 0. The van der Waals surface area contributed by atoms with Crippen molar-refractivity contribution in [3.05, 3.63) is 59.8 Å². The first-order valence-electron chi connectivity index (χ1n) is 15.9. The molecule has 48 heavy (non-hydrogen) atoms. The van der Waals surface area contributed by atoms with Gasteiger partial charge in [0.15, 0.2) is 0 Å². The number of hydrogen-bond donors (Lipinski definition) is 2. The Morgan fingerprint density at radius 3 is 2.04 bits per heavy atom. The molecule has 4 heterocycles. The number of imidazole rings is 1. The highest BCUT2D eigenvalue weighted by atomic mass is 19.3.